The predicted octanol–water partition coefficient (Wildman–Crippen LogP) is 4.09. The highest BCUT2D eigenvalue weighted by Gasteiger charge is 2.39. The van der Waals surface area contributed by atoms with Crippen LogP contribution in [0.25, 0.3) is 5.65 Å². The van der Waals surface area contributed by atoms with Crippen molar-refractivity contribution in [3.63, 3.8) is 0 Å². The molecule has 0 bridgehead atoms. The largest absolute Gasteiger partial charge is 0.497 e. The number of alkyl halides is 3. The predicted molar refractivity (Wildman–Crippen MR) is 99.2 cm³/mol. The van der Waals surface area contributed by atoms with E-state index in [-0.39, 0.29) is 33.8 Å². The van der Waals surface area contributed by atoms with Crippen molar-refractivity contribution >= 4 is 29.0 Å². The molecule has 0 unspecified atom stereocenters. The van der Waals surface area contributed by atoms with E-state index >= 15 is 0 Å². The summed E-state index contributed by atoms with van der Waals surface area (Å²) in [6, 6.07) is 7.23. The third-order valence-electron chi connectivity index (χ3n) is 4.00. The van der Waals surface area contributed by atoms with E-state index in [1.54, 1.807) is 19.1 Å². The van der Waals surface area contributed by atoms with Gasteiger partial charge in [-0.15, -0.1) is 0 Å². The van der Waals surface area contributed by atoms with Crippen LogP contribution in [-0.2, 0) is 11.3 Å². The average Bonchev–Trinajstić information content (AvgIpc) is 3.09. The van der Waals surface area contributed by atoms with Gasteiger partial charge in [0.25, 0.3) is 0 Å². The molecule has 3 aromatic rings. The number of esters is 1. The highest BCUT2D eigenvalue weighted by molar-refractivity contribution is 6.29. The molecule has 0 spiro atoms. The average molecular weight is 429 g/mol. The number of methoxy groups -OCH3 is 1. The number of nitrogens with zero attached hydrogens (tertiary/aromatic N) is 4. The maximum absolute atomic E-state index is 13.9. The maximum Gasteiger partial charge on any atom is 0.486 e. The van der Waals surface area contributed by atoms with Crippen molar-refractivity contribution < 1.29 is 27.4 Å². The van der Waals surface area contributed by atoms with Crippen LogP contribution in [0.4, 0.5) is 19.0 Å². The van der Waals surface area contributed by atoms with E-state index in [0.717, 1.165) is 16.8 Å². The van der Waals surface area contributed by atoms with E-state index in [0.29, 0.717) is 11.3 Å². The summed E-state index contributed by atoms with van der Waals surface area (Å²) in [5.41, 5.74) is 0.0343. The Bertz CT molecular complexity index is 1020. The summed E-state index contributed by atoms with van der Waals surface area (Å²) in [4.78, 5) is 20.0. The van der Waals surface area contributed by atoms with Crippen molar-refractivity contribution in [3.05, 3.63) is 53.1 Å². The first-order chi connectivity index (χ1) is 13.7. The monoisotopic (exact) mass is 428 g/mol. The van der Waals surface area contributed by atoms with E-state index in [2.05, 4.69) is 9.97 Å². The molecule has 0 aliphatic carbocycles. The SMILES string of the molecule is CCOC(=O)c1ncn2c(N(Cc3ccc(OC)cc3)C(F)(F)F)cc(Cl)nc12. The molecule has 2 heterocycles. The lowest BCUT2D eigenvalue weighted by Crippen LogP contribution is -2.38. The van der Waals surface area contributed by atoms with E-state index in [9.17, 15) is 18.0 Å². The van der Waals surface area contributed by atoms with Gasteiger partial charge in [-0.05, 0) is 24.6 Å². The van der Waals surface area contributed by atoms with Crippen LogP contribution in [0.2, 0.25) is 5.15 Å². The van der Waals surface area contributed by atoms with Crippen LogP contribution < -0.4 is 9.64 Å². The van der Waals surface area contributed by atoms with Crippen LogP contribution in [0.5, 0.6) is 5.75 Å². The van der Waals surface area contributed by atoms with Crippen molar-refractivity contribution in [1.29, 1.82) is 0 Å². The molecule has 154 valence electrons. The summed E-state index contributed by atoms with van der Waals surface area (Å²) >= 11 is 5.96. The minimum absolute atomic E-state index is 0.0808. The lowest BCUT2D eigenvalue weighted by molar-refractivity contribution is -0.131. The van der Waals surface area contributed by atoms with Crippen LogP contribution in [0.15, 0.2) is 36.7 Å². The number of hydrogen-bond donors (Lipinski definition) is 0. The lowest BCUT2D eigenvalue weighted by Gasteiger charge is -2.27. The number of benzene rings is 1. The van der Waals surface area contributed by atoms with Crippen molar-refractivity contribution in [1.82, 2.24) is 14.4 Å². The Kier molecular flexibility index (Phi) is 5.83. The van der Waals surface area contributed by atoms with E-state index < -0.39 is 18.8 Å². The van der Waals surface area contributed by atoms with Crippen molar-refractivity contribution in [2.75, 3.05) is 18.6 Å². The molecule has 0 fully saturated rings. The van der Waals surface area contributed by atoms with Gasteiger partial charge < -0.3 is 9.47 Å². The molecule has 29 heavy (non-hydrogen) atoms. The second-order valence-corrected chi connectivity index (χ2v) is 6.23. The van der Waals surface area contributed by atoms with Crippen molar-refractivity contribution in [2.24, 2.45) is 0 Å². The fourth-order valence-electron chi connectivity index (χ4n) is 2.69. The maximum atomic E-state index is 13.9. The molecule has 2 aromatic heterocycles. The van der Waals surface area contributed by atoms with Gasteiger partial charge in [0.2, 0.25) is 0 Å². The molecule has 0 amide bonds. The minimum Gasteiger partial charge on any atom is -0.497 e. The molecule has 0 aliphatic heterocycles. The van der Waals surface area contributed by atoms with Gasteiger partial charge in [-0.3, -0.25) is 9.30 Å². The number of hydrogen-bond acceptors (Lipinski definition) is 6. The number of carbonyl (C=O) groups is 1. The molecular weight excluding hydrogens is 413 g/mol. The first kappa shape index (κ1) is 20.7. The minimum atomic E-state index is -4.74. The summed E-state index contributed by atoms with van der Waals surface area (Å²) in [5.74, 6) is -0.619. The molecular formula is C18H16ClF3N4O3. The van der Waals surface area contributed by atoms with Crippen LogP contribution in [-0.4, -0.2) is 40.4 Å². The van der Waals surface area contributed by atoms with Crippen LogP contribution in [0.1, 0.15) is 23.0 Å². The summed E-state index contributed by atoms with van der Waals surface area (Å²) in [6.07, 6.45) is -3.67. The molecule has 11 heteroatoms. The van der Waals surface area contributed by atoms with Gasteiger partial charge in [-0.2, -0.15) is 13.2 Å². The first-order valence-electron chi connectivity index (χ1n) is 8.42. The van der Waals surface area contributed by atoms with Gasteiger partial charge in [-0.25, -0.2) is 14.8 Å². The number of carbonyl (C=O) groups excluding carboxylic acids is 1. The van der Waals surface area contributed by atoms with Gasteiger partial charge in [0, 0.05) is 6.07 Å². The number of rotatable bonds is 6. The van der Waals surface area contributed by atoms with Crippen molar-refractivity contribution in [2.45, 2.75) is 19.8 Å². The highest BCUT2D eigenvalue weighted by Crippen LogP contribution is 2.33. The van der Waals surface area contributed by atoms with Crippen LogP contribution >= 0.6 is 11.6 Å². The van der Waals surface area contributed by atoms with Crippen molar-refractivity contribution in [3.8, 4) is 5.75 Å². The highest BCUT2D eigenvalue weighted by atomic mass is 35.5. The molecule has 0 aliphatic rings. The van der Waals surface area contributed by atoms with Gasteiger partial charge in [-0.1, -0.05) is 23.7 Å². The molecule has 0 saturated heterocycles. The molecule has 1 aromatic carbocycles. The summed E-state index contributed by atoms with van der Waals surface area (Å²) < 4.78 is 52.6. The van der Waals surface area contributed by atoms with Crippen LogP contribution in [0, 0.1) is 0 Å². The number of fused-ring (bicyclic) bond motifs is 1. The normalized spacial score (nSPS) is 11.5. The summed E-state index contributed by atoms with van der Waals surface area (Å²) in [7, 11) is 1.47. The van der Waals surface area contributed by atoms with Gasteiger partial charge in [0.1, 0.15) is 23.0 Å². The van der Waals surface area contributed by atoms with E-state index in [1.807, 2.05) is 0 Å². The Labute approximate surface area is 168 Å². The Hall–Kier alpha value is -3.01. The molecule has 0 radical (unpaired) electrons. The topological polar surface area (TPSA) is 69.0 Å². The molecule has 7 nitrogen and oxygen atoms in total. The number of anilines is 1. The Morgan fingerprint density at radius 1 is 1.28 bits per heavy atom. The molecule has 0 saturated carbocycles. The zero-order chi connectivity index (χ0) is 21.2. The second kappa shape index (κ2) is 8.16. The fourth-order valence-corrected chi connectivity index (χ4v) is 2.87. The van der Waals surface area contributed by atoms with Gasteiger partial charge in [0.15, 0.2) is 11.3 Å². The number of aromatic nitrogens is 3. The smallest absolute Gasteiger partial charge is 0.486 e. The zero-order valence-electron chi connectivity index (χ0n) is 15.4. The third-order valence-corrected chi connectivity index (χ3v) is 4.19. The summed E-state index contributed by atoms with van der Waals surface area (Å²) in [6.45, 7) is 1.18. The number of ether oxygens (including phenoxy) is 2. The lowest BCUT2D eigenvalue weighted by atomic mass is 10.2. The Morgan fingerprint density at radius 2 is 1.97 bits per heavy atom. The molecule has 3 rings (SSSR count). The quantitative estimate of drug-likeness (QED) is 0.334. The van der Waals surface area contributed by atoms with E-state index in [4.69, 9.17) is 21.1 Å². The number of halogens is 4. The van der Waals surface area contributed by atoms with E-state index in [1.165, 1.54) is 19.2 Å². The fraction of sp³-hybridized carbons (Fsp3) is 0.278. The molecule has 0 atom stereocenters. The second-order valence-electron chi connectivity index (χ2n) is 5.85. The van der Waals surface area contributed by atoms with Gasteiger partial charge in [0.05, 0.1) is 20.3 Å². The Morgan fingerprint density at radius 3 is 2.55 bits per heavy atom. The molecule has 0 N–H and O–H groups in total. The zero-order valence-corrected chi connectivity index (χ0v) is 16.2. The van der Waals surface area contributed by atoms with Crippen LogP contribution in [0.3, 0.4) is 0 Å². The summed E-state index contributed by atoms with van der Waals surface area (Å²) in [5, 5.41) is -0.220. The third kappa shape index (κ3) is 4.37. The Balaban J connectivity index is 2.09. The first-order valence-corrected chi connectivity index (χ1v) is 8.80. The standard InChI is InChI=1S/C18H16ClF3N4O3/c1-3-29-17(27)15-16-24-13(19)8-14(25(16)10-23-15)26(18(20,21)22)9-11-4-6-12(28-2)7-5-11/h4-8,10H,3,9H2,1-2H3. The number of imidazole rings is 1. The van der Waals surface area contributed by atoms with Gasteiger partial charge >= 0.3 is 12.3 Å².